The van der Waals surface area contributed by atoms with E-state index in [0.717, 1.165) is 11.1 Å². The van der Waals surface area contributed by atoms with Gasteiger partial charge < -0.3 is 10.5 Å². The van der Waals surface area contributed by atoms with Crippen LogP contribution in [0.2, 0.25) is 5.02 Å². The molecular formula is C22H16ClN3O2. The van der Waals surface area contributed by atoms with E-state index in [4.69, 9.17) is 22.1 Å². The summed E-state index contributed by atoms with van der Waals surface area (Å²) in [6, 6.07) is 24.2. The minimum absolute atomic E-state index is 0.0254. The van der Waals surface area contributed by atoms with Gasteiger partial charge in [0.25, 0.3) is 0 Å². The molecule has 0 bridgehead atoms. The Morgan fingerprint density at radius 1 is 0.857 bits per heavy atom. The minimum Gasteiger partial charge on any atom is -0.449 e. The number of hydrogen-bond donors (Lipinski definition) is 1. The van der Waals surface area contributed by atoms with Gasteiger partial charge >= 0.3 is 5.56 Å². The predicted molar refractivity (Wildman–Crippen MR) is 111 cm³/mol. The number of hydrogen-bond acceptors (Lipinski definition) is 4. The maximum atomic E-state index is 12.8. The third-order valence-electron chi connectivity index (χ3n) is 4.21. The van der Waals surface area contributed by atoms with Gasteiger partial charge in [-0.2, -0.15) is 9.78 Å². The molecule has 1 heterocycles. The Balaban J connectivity index is 1.65. The molecule has 4 rings (SSSR count). The summed E-state index contributed by atoms with van der Waals surface area (Å²) < 4.78 is 7.01. The van der Waals surface area contributed by atoms with Crippen molar-refractivity contribution in [2.45, 2.75) is 0 Å². The molecular weight excluding hydrogens is 374 g/mol. The van der Waals surface area contributed by atoms with Crippen LogP contribution in [0.25, 0.3) is 16.8 Å². The van der Waals surface area contributed by atoms with Crippen molar-refractivity contribution in [2.24, 2.45) is 0 Å². The molecule has 0 aliphatic heterocycles. The van der Waals surface area contributed by atoms with Crippen molar-refractivity contribution in [1.82, 2.24) is 9.78 Å². The maximum absolute atomic E-state index is 12.8. The Bertz CT molecular complexity index is 1160. The summed E-state index contributed by atoms with van der Waals surface area (Å²) in [7, 11) is 0. The van der Waals surface area contributed by atoms with E-state index in [1.165, 1.54) is 10.9 Å². The monoisotopic (exact) mass is 389 g/mol. The fraction of sp³-hybridized carbons (Fsp3) is 0. The molecule has 0 saturated carbocycles. The van der Waals surface area contributed by atoms with E-state index >= 15 is 0 Å². The zero-order valence-electron chi connectivity index (χ0n) is 14.7. The highest BCUT2D eigenvalue weighted by Crippen LogP contribution is 2.27. The Kier molecular flexibility index (Phi) is 4.83. The highest BCUT2D eigenvalue weighted by atomic mass is 35.5. The Labute approximate surface area is 166 Å². The average Bonchev–Trinajstić information content (AvgIpc) is 2.73. The van der Waals surface area contributed by atoms with Crippen LogP contribution in [-0.4, -0.2) is 9.78 Å². The summed E-state index contributed by atoms with van der Waals surface area (Å²) >= 11 is 5.91. The molecule has 2 N–H and O–H groups in total. The van der Waals surface area contributed by atoms with Crippen LogP contribution >= 0.6 is 11.6 Å². The van der Waals surface area contributed by atoms with Crippen LogP contribution < -0.4 is 16.0 Å². The largest absolute Gasteiger partial charge is 0.449 e. The maximum Gasteiger partial charge on any atom is 0.316 e. The highest BCUT2D eigenvalue weighted by molar-refractivity contribution is 6.30. The van der Waals surface area contributed by atoms with Gasteiger partial charge in [-0.05, 0) is 47.5 Å². The van der Waals surface area contributed by atoms with E-state index in [9.17, 15) is 4.79 Å². The molecule has 28 heavy (non-hydrogen) atoms. The van der Waals surface area contributed by atoms with Crippen molar-refractivity contribution in [1.29, 1.82) is 0 Å². The smallest absolute Gasteiger partial charge is 0.316 e. The SMILES string of the molecule is Nc1cnn(-c2ccc(Cl)cc2)c(=O)c1Oc1ccc(-c2ccccc2)cc1. The molecule has 3 aromatic carbocycles. The normalized spacial score (nSPS) is 10.6. The van der Waals surface area contributed by atoms with Crippen LogP contribution in [0.15, 0.2) is 89.9 Å². The summed E-state index contributed by atoms with van der Waals surface area (Å²) in [4.78, 5) is 12.8. The Morgan fingerprint density at radius 3 is 2.18 bits per heavy atom. The molecule has 0 amide bonds. The number of benzene rings is 3. The first-order valence-electron chi connectivity index (χ1n) is 8.59. The van der Waals surface area contributed by atoms with Gasteiger partial charge in [-0.15, -0.1) is 0 Å². The second-order valence-corrected chi connectivity index (χ2v) is 6.55. The predicted octanol–water partition coefficient (Wildman–Crippen LogP) is 4.93. The zero-order valence-corrected chi connectivity index (χ0v) is 15.5. The first-order chi connectivity index (χ1) is 13.6. The van der Waals surface area contributed by atoms with Crippen molar-refractivity contribution >= 4 is 17.3 Å². The van der Waals surface area contributed by atoms with Gasteiger partial charge in [0.2, 0.25) is 5.75 Å². The summed E-state index contributed by atoms with van der Waals surface area (Å²) in [5.41, 5.74) is 8.38. The highest BCUT2D eigenvalue weighted by Gasteiger charge is 2.13. The minimum atomic E-state index is -0.450. The molecule has 0 unspecified atom stereocenters. The molecule has 1 aromatic heterocycles. The summed E-state index contributed by atoms with van der Waals surface area (Å²) in [5, 5.41) is 4.66. The fourth-order valence-corrected chi connectivity index (χ4v) is 2.91. The summed E-state index contributed by atoms with van der Waals surface area (Å²) in [6.45, 7) is 0. The molecule has 0 fully saturated rings. The van der Waals surface area contributed by atoms with Crippen LogP contribution in [0.1, 0.15) is 0 Å². The summed E-state index contributed by atoms with van der Waals surface area (Å²) in [6.07, 6.45) is 1.39. The Morgan fingerprint density at radius 2 is 1.50 bits per heavy atom. The Hall–Kier alpha value is -3.57. The average molecular weight is 390 g/mol. The topological polar surface area (TPSA) is 70.1 Å². The lowest BCUT2D eigenvalue weighted by molar-refractivity contribution is 0.470. The molecule has 0 aliphatic carbocycles. The van der Waals surface area contributed by atoms with Crippen molar-refractivity contribution in [3.05, 3.63) is 100 Å². The lowest BCUT2D eigenvalue weighted by atomic mass is 10.1. The van der Waals surface area contributed by atoms with E-state index in [0.29, 0.717) is 16.5 Å². The lowest BCUT2D eigenvalue weighted by Crippen LogP contribution is -2.23. The number of rotatable bonds is 4. The quantitative estimate of drug-likeness (QED) is 0.537. The number of nitrogens with zero attached hydrogens (tertiary/aromatic N) is 2. The van der Waals surface area contributed by atoms with Crippen LogP contribution in [0.5, 0.6) is 11.5 Å². The lowest BCUT2D eigenvalue weighted by Gasteiger charge is -2.11. The fourth-order valence-electron chi connectivity index (χ4n) is 2.78. The molecule has 4 aromatic rings. The third-order valence-corrected chi connectivity index (χ3v) is 4.47. The molecule has 6 heteroatoms. The van der Waals surface area contributed by atoms with Gasteiger partial charge in [0, 0.05) is 5.02 Å². The number of halogens is 1. The van der Waals surface area contributed by atoms with Crippen LogP contribution in [0.3, 0.4) is 0 Å². The number of nitrogens with two attached hydrogens (primary N) is 1. The van der Waals surface area contributed by atoms with E-state index in [2.05, 4.69) is 5.10 Å². The van der Waals surface area contributed by atoms with Crippen molar-refractivity contribution in [3.8, 4) is 28.3 Å². The number of aromatic nitrogens is 2. The van der Waals surface area contributed by atoms with Crippen LogP contribution in [0.4, 0.5) is 5.69 Å². The molecule has 0 radical (unpaired) electrons. The van der Waals surface area contributed by atoms with Gasteiger partial charge in [-0.3, -0.25) is 4.79 Å². The number of ether oxygens (including phenoxy) is 1. The molecule has 0 spiro atoms. The molecule has 5 nitrogen and oxygen atoms in total. The zero-order chi connectivity index (χ0) is 19.5. The molecule has 0 aliphatic rings. The van der Waals surface area contributed by atoms with Crippen LogP contribution in [-0.2, 0) is 0 Å². The first-order valence-corrected chi connectivity index (χ1v) is 8.97. The van der Waals surface area contributed by atoms with Gasteiger partial charge in [0.15, 0.2) is 0 Å². The van der Waals surface area contributed by atoms with E-state index in [1.807, 2.05) is 42.5 Å². The third kappa shape index (κ3) is 3.61. The van der Waals surface area contributed by atoms with Crippen LogP contribution in [0, 0.1) is 0 Å². The second kappa shape index (κ2) is 7.58. The van der Waals surface area contributed by atoms with E-state index in [1.54, 1.807) is 36.4 Å². The van der Waals surface area contributed by atoms with Gasteiger partial charge in [0.1, 0.15) is 11.4 Å². The number of nitrogen functional groups attached to an aromatic ring is 1. The van der Waals surface area contributed by atoms with E-state index in [-0.39, 0.29) is 11.4 Å². The van der Waals surface area contributed by atoms with Gasteiger partial charge in [0.05, 0.1) is 11.9 Å². The molecule has 0 atom stereocenters. The number of anilines is 1. The first kappa shape index (κ1) is 17.8. The van der Waals surface area contributed by atoms with Gasteiger partial charge in [-0.25, -0.2) is 0 Å². The molecule has 0 saturated heterocycles. The second-order valence-electron chi connectivity index (χ2n) is 6.11. The van der Waals surface area contributed by atoms with Crippen molar-refractivity contribution in [2.75, 3.05) is 5.73 Å². The standard InChI is InChI=1S/C22H16ClN3O2/c23-17-8-10-18(11-9-17)26-22(27)21(20(24)14-25-26)28-19-12-6-16(7-13-19)15-4-2-1-3-5-15/h1-14H,24H2. The van der Waals surface area contributed by atoms with Gasteiger partial charge in [-0.1, -0.05) is 54.1 Å². The summed E-state index contributed by atoms with van der Waals surface area (Å²) in [5.74, 6) is 0.537. The van der Waals surface area contributed by atoms with E-state index < -0.39 is 5.56 Å². The van der Waals surface area contributed by atoms with Crippen molar-refractivity contribution < 1.29 is 4.74 Å². The molecule has 138 valence electrons. The van der Waals surface area contributed by atoms with Crippen molar-refractivity contribution in [3.63, 3.8) is 0 Å².